The first-order chi connectivity index (χ1) is 9.54. The van der Waals surface area contributed by atoms with E-state index in [0.29, 0.717) is 11.3 Å². The molecule has 1 amide bonds. The van der Waals surface area contributed by atoms with Crippen LogP contribution in [0, 0.1) is 0 Å². The average Bonchev–Trinajstić information content (AvgIpc) is 2.94. The molecule has 5 nitrogen and oxygen atoms in total. The lowest BCUT2D eigenvalue weighted by Gasteiger charge is -2.22. The second-order valence-corrected chi connectivity index (χ2v) is 6.32. The summed E-state index contributed by atoms with van der Waals surface area (Å²) in [6.07, 6.45) is 0. The zero-order valence-electron chi connectivity index (χ0n) is 10.8. The van der Waals surface area contributed by atoms with Gasteiger partial charge in [0.05, 0.1) is 11.3 Å². The van der Waals surface area contributed by atoms with Crippen molar-refractivity contribution in [2.24, 2.45) is 0 Å². The number of amides is 1. The van der Waals surface area contributed by atoms with Crippen molar-refractivity contribution >= 4 is 33.1 Å². The summed E-state index contributed by atoms with van der Waals surface area (Å²) in [5.74, 6) is -0.624. The van der Waals surface area contributed by atoms with Crippen molar-refractivity contribution in [2.45, 2.75) is 6.92 Å². The Bertz CT molecular complexity index is 667. The SMILES string of the molecule is CCN(c1ccccc1)S(=O)(=O)NC(=O)c1ccsc1. The van der Waals surface area contributed by atoms with Gasteiger partial charge in [-0.15, -0.1) is 0 Å². The van der Waals surface area contributed by atoms with Crippen molar-refractivity contribution in [3.05, 3.63) is 52.7 Å². The van der Waals surface area contributed by atoms with E-state index in [9.17, 15) is 13.2 Å². The Kier molecular flexibility index (Phi) is 4.41. The molecule has 106 valence electrons. The van der Waals surface area contributed by atoms with Crippen LogP contribution >= 0.6 is 11.3 Å². The van der Waals surface area contributed by atoms with E-state index in [0.717, 1.165) is 4.31 Å². The minimum Gasteiger partial charge on any atom is -0.268 e. The lowest BCUT2D eigenvalue weighted by atomic mass is 10.3. The summed E-state index contributed by atoms with van der Waals surface area (Å²) in [6.45, 7) is 1.94. The summed E-state index contributed by atoms with van der Waals surface area (Å²) in [5.41, 5.74) is 0.850. The number of thiophene rings is 1. The number of anilines is 1. The van der Waals surface area contributed by atoms with E-state index in [1.807, 2.05) is 0 Å². The Labute approximate surface area is 122 Å². The van der Waals surface area contributed by atoms with Crippen LogP contribution in [0.2, 0.25) is 0 Å². The highest BCUT2D eigenvalue weighted by molar-refractivity contribution is 7.91. The fraction of sp³-hybridized carbons (Fsp3) is 0.154. The van der Waals surface area contributed by atoms with Crippen molar-refractivity contribution in [2.75, 3.05) is 10.8 Å². The Morgan fingerprint density at radius 3 is 2.50 bits per heavy atom. The lowest BCUT2D eigenvalue weighted by molar-refractivity contribution is 0.0982. The number of hydrogen-bond donors (Lipinski definition) is 1. The standard InChI is InChI=1S/C13H14N2O3S2/c1-2-15(12-6-4-3-5-7-12)20(17,18)14-13(16)11-8-9-19-10-11/h3-10H,2H2,1H3,(H,14,16). The topological polar surface area (TPSA) is 66.5 Å². The molecule has 0 fully saturated rings. The fourth-order valence-electron chi connectivity index (χ4n) is 1.71. The summed E-state index contributed by atoms with van der Waals surface area (Å²) >= 11 is 1.34. The number of hydrogen-bond acceptors (Lipinski definition) is 4. The first kappa shape index (κ1) is 14.5. The van der Waals surface area contributed by atoms with Gasteiger partial charge in [-0.05, 0) is 30.5 Å². The van der Waals surface area contributed by atoms with Crippen LogP contribution in [0.1, 0.15) is 17.3 Å². The van der Waals surface area contributed by atoms with Gasteiger partial charge in [0.2, 0.25) is 0 Å². The van der Waals surface area contributed by atoms with E-state index in [1.54, 1.807) is 54.1 Å². The number of carbonyl (C=O) groups excluding carboxylic acids is 1. The maximum Gasteiger partial charge on any atom is 0.326 e. The molecule has 0 unspecified atom stereocenters. The largest absolute Gasteiger partial charge is 0.326 e. The van der Waals surface area contributed by atoms with Crippen molar-refractivity contribution in [1.29, 1.82) is 0 Å². The predicted molar refractivity (Wildman–Crippen MR) is 80.2 cm³/mol. The van der Waals surface area contributed by atoms with Crippen LogP contribution < -0.4 is 9.03 Å². The first-order valence-electron chi connectivity index (χ1n) is 5.96. The number of rotatable bonds is 5. The van der Waals surface area contributed by atoms with Crippen LogP contribution in [0.4, 0.5) is 5.69 Å². The normalized spacial score (nSPS) is 11.1. The molecule has 1 N–H and O–H groups in total. The smallest absolute Gasteiger partial charge is 0.268 e. The van der Waals surface area contributed by atoms with Crippen LogP contribution in [-0.4, -0.2) is 20.9 Å². The van der Waals surface area contributed by atoms with Gasteiger partial charge in [-0.1, -0.05) is 18.2 Å². The van der Waals surface area contributed by atoms with E-state index in [1.165, 1.54) is 11.3 Å². The average molecular weight is 310 g/mol. The third-order valence-corrected chi connectivity index (χ3v) is 4.80. The van der Waals surface area contributed by atoms with E-state index in [2.05, 4.69) is 4.72 Å². The molecule has 2 aromatic rings. The van der Waals surface area contributed by atoms with Crippen molar-refractivity contribution in [3.63, 3.8) is 0 Å². The Morgan fingerprint density at radius 2 is 1.95 bits per heavy atom. The number of nitrogens with zero attached hydrogens (tertiary/aromatic N) is 1. The monoisotopic (exact) mass is 310 g/mol. The van der Waals surface area contributed by atoms with E-state index >= 15 is 0 Å². The highest BCUT2D eigenvalue weighted by Gasteiger charge is 2.23. The third-order valence-electron chi connectivity index (χ3n) is 2.63. The number of benzene rings is 1. The molecule has 0 aliphatic carbocycles. The summed E-state index contributed by atoms with van der Waals surface area (Å²) in [5, 5.41) is 3.32. The van der Waals surface area contributed by atoms with Crippen LogP contribution in [-0.2, 0) is 10.2 Å². The molecule has 0 bridgehead atoms. The molecule has 1 aromatic carbocycles. The quantitative estimate of drug-likeness (QED) is 0.921. The first-order valence-corrected chi connectivity index (χ1v) is 8.35. The Hall–Kier alpha value is -1.86. The van der Waals surface area contributed by atoms with Crippen molar-refractivity contribution in [1.82, 2.24) is 4.72 Å². The van der Waals surface area contributed by atoms with Gasteiger partial charge in [-0.3, -0.25) is 9.10 Å². The minimum absolute atomic E-state index is 0.232. The Balaban J connectivity index is 2.23. The van der Waals surface area contributed by atoms with Gasteiger partial charge in [0, 0.05) is 11.9 Å². The third kappa shape index (κ3) is 3.17. The van der Waals surface area contributed by atoms with Gasteiger partial charge >= 0.3 is 10.2 Å². The van der Waals surface area contributed by atoms with E-state index < -0.39 is 16.1 Å². The highest BCUT2D eigenvalue weighted by atomic mass is 32.2. The van der Waals surface area contributed by atoms with E-state index in [4.69, 9.17) is 0 Å². The van der Waals surface area contributed by atoms with Crippen LogP contribution in [0.3, 0.4) is 0 Å². The fourth-order valence-corrected chi connectivity index (χ4v) is 3.55. The molecule has 0 aliphatic rings. The molecule has 1 aromatic heterocycles. The maximum atomic E-state index is 12.3. The van der Waals surface area contributed by atoms with Crippen molar-refractivity contribution < 1.29 is 13.2 Å². The molecular formula is C13H14N2O3S2. The molecule has 0 spiro atoms. The van der Waals surface area contributed by atoms with Gasteiger partial charge in [0.25, 0.3) is 5.91 Å². The molecule has 0 atom stereocenters. The van der Waals surface area contributed by atoms with Crippen LogP contribution in [0.5, 0.6) is 0 Å². The number of carbonyl (C=O) groups is 1. The van der Waals surface area contributed by atoms with E-state index in [-0.39, 0.29) is 6.54 Å². The second-order valence-electron chi connectivity index (χ2n) is 3.95. The van der Waals surface area contributed by atoms with Gasteiger partial charge < -0.3 is 0 Å². The molecule has 7 heteroatoms. The second kappa shape index (κ2) is 6.06. The molecular weight excluding hydrogens is 296 g/mol. The van der Waals surface area contributed by atoms with Crippen molar-refractivity contribution in [3.8, 4) is 0 Å². The Morgan fingerprint density at radius 1 is 1.25 bits per heavy atom. The molecule has 1 heterocycles. The zero-order chi connectivity index (χ0) is 14.6. The minimum atomic E-state index is -3.91. The van der Waals surface area contributed by atoms with Crippen LogP contribution in [0.15, 0.2) is 47.2 Å². The summed E-state index contributed by atoms with van der Waals surface area (Å²) in [7, 11) is -3.91. The van der Waals surface area contributed by atoms with Gasteiger partial charge in [0.1, 0.15) is 0 Å². The maximum absolute atomic E-state index is 12.3. The summed E-state index contributed by atoms with van der Waals surface area (Å²) in [6, 6.07) is 10.2. The van der Waals surface area contributed by atoms with Gasteiger partial charge in [0.15, 0.2) is 0 Å². The molecule has 0 saturated heterocycles. The zero-order valence-corrected chi connectivity index (χ0v) is 12.4. The van der Waals surface area contributed by atoms with Gasteiger partial charge in [-0.2, -0.15) is 19.8 Å². The molecule has 20 heavy (non-hydrogen) atoms. The van der Waals surface area contributed by atoms with Gasteiger partial charge in [-0.25, -0.2) is 4.72 Å². The highest BCUT2D eigenvalue weighted by Crippen LogP contribution is 2.16. The number of para-hydroxylation sites is 1. The molecule has 0 aliphatic heterocycles. The predicted octanol–water partition coefficient (Wildman–Crippen LogP) is 2.25. The van der Waals surface area contributed by atoms with Crippen LogP contribution in [0.25, 0.3) is 0 Å². The molecule has 2 rings (SSSR count). The summed E-state index contributed by atoms with van der Waals surface area (Å²) in [4.78, 5) is 11.9. The lowest BCUT2D eigenvalue weighted by Crippen LogP contribution is -2.43. The molecule has 0 radical (unpaired) electrons. The summed E-state index contributed by atoms with van der Waals surface area (Å²) < 4.78 is 27.8. The molecule has 0 saturated carbocycles. The number of nitrogens with one attached hydrogen (secondary N) is 1.